The Morgan fingerprint density at radius 3 is 2.90 bits per heavy atom. The smallest absolute Gasteiger partial charge is 0.159 e. The summed E-state index contributed by atoms with van der Waals surface area (Å²) in [6, 6.07) is 2.10. The molecule has 0 spiro atoms. The fourth-order valence-corrected chi connectivity index (χ4v) is 3.90. The zero-order valence-electron chi connectivity index (χ0n) is 17.6. The van der Waals surface area contributed by atoms with Crippen LogP contribution >= 0.6 is 0 Å². The van der Waals surface area contributed by atoms with E-state index in [1.165, 1.54) is 5.57 Å². The summed E-state index contributed by atoms with van der Waals surface area (Å²) in [6.45, 7) is 9.67. The van der Waals surface area contributed by atoms with Crippen LogP contribution < -0.4 is 5.32 Å². The second kappa shape index (κ2) is 7.81. The number of nitrogens with zero attached hydrogens (tertiary/aromatic N) is 5. The van der Waals surface area contributed by atoms with Crippen LogP contribution in [0.1, 0.15) is 29.2 Å². The molecule has 4 aromatic heterocycles. The summed E-state index contributed by atoms with van der Waals surface area (Å²) in [4.78, 5) is 17.3. The summed E-state index contributed by atoms with van der Waals surface area (Å²) in [6.07, 6.45) is 12.5. The molecule has 5 rings (SSSR count). The van der Waals surface area contributed by atoms with Crippen LogP contribution in [-0.2, 0) is 0 Å². The molecule has 0 atom stereocenters. The highest BCUT2D eigenvalue weighted by Crippen LogP contribution is 2.30. The fourth-order valence-electron chi connectivity index (χ4n) is 3.90. The van der Waals surface area contributed by atoms with Gasteiger partial charge in [-0.05, 0) is 44.5 Å². The molecule has 5 heterocycles. The van der Waals surface area contributed by atoms with Gasteiger partial charge in [-0.15, -0.1) is 0 Å². The summed E-state index contributed by atoms with van der Waals surface area (Å²) in [5, 5.41) is 12.0. The number of aromatic amines is 2. The van der Waals surface area contributed by atoms with Crippen LogP contribution in [0.4, 0.5) is 0 Å². The van der Waals surface area contributed by atoms with Crippen molar-refractivity contribution in [3.05, 3.63) is 72.4 Å². The second-order valence-corrected chi connectivity index (χ2v) is 7.64. The molecule has 0 aliphatic carbocycles. The molecule has 31 heavy (non-hydrogen) atoms. The average molecular weight is 413 g/mol. The Hall–Kier alpha value is -3.78. The molecule has 156 valence electrons. The van der Waals surface area contributed by atoms with Gasteiger partial charge in [0.25, 0.3) is 0 Å². The lowest BCUT2D eigenvalue weighted by Gasteiger charge is -2.13. The minimum absolute atomic E-state index is 0.710. The lowest BCUT2D eigenvalue weighted by atomic mass is 10.0. The summed E-state index contributed by atoms with van der Waals surface area (Å²) >= 11 is 0. The van der Waals surface area contributed by atoms with Crippen LogP contribution in [0, 0.1) is 13.8 Å². The summed E-state index contributed by atoms with van der Waals surface area (Å²) in [7, 11) is 0. The highest BCUT2D eigenvalue weighted by atomic mass is 15.1. The van der Waals surface area contributed by atoms with E-state index >= 15 is 0 Å². The van der Waals surface area contributed by atoms with Gasteiger partial charge in [0.2, 0.25) is 0 Å². The molecule has 1 aliphatic heterocycles. The maximum atomic E-state index is 4.90. The highest BCUT2D eigenvalue weighted by molar-refractivity contribution is 5.92. The van der Waals surface area contributed by atoms with Crippen LogP contribution in [-0.4, -0.2) is 47.8 Å². The van der Waals surface area contributed by atoms with E-state index in [0.29, 0.717) is 5.82 Å². The third-order valence-electron chi connectivity index (χ3n) is 5.46. The number of nitrogens with one attached hydrogen (secondary N) is 3. The van der Waals surface area contributed by atoms with Crippen LogP contribution in [0.3, 0.4) is 0 Å². The number of hydrogen-bond donors (Lipinski definition) is 3. The predicted octanol–water partition coefficient (Wildman–Crippen LogP) is 3.61. The minimum atomic E-state index is 0.710. The second-order valence-electron chi connectivity index (χ2n) is 7.64. The molecular formula is C23H24N8. The number of aryl methyl sites for hydroxylation is 2. The van der Waals surface area contributed by atoms with Crippen LogP contribution in [0.15, 0.2) is 49.6 Å². The lowest BCUT2D eigenvalue weighted by molar-refractivity contribution is 0.737. The SMILES string of the molecule is C=C/C=C(\c1nc(-c2n[nH]c3cnc(C4=CCNCC4)cc23)[nH]c1C)n1cnc(C)c1. The van der Waals surface area contributed by atoms with E-state index in [0.717, 1.165) is 64.6 Å². The van der Waals surface area contributed by atoms with Gasteiger partial charge < -0.3 is 14.9 Å². The molecule has 1 aliphatic rings. The molecule has 3 N–H and O–H groups in total. The summed E-state index contributed by atoms with van der Waals surface area (Å²) in [5.74, 6) is 0.710. The van der Waals surface area contributed by atoms with Gasteiger partial charge in [-0.25, -0.2) is 9.97 Å². The van der Waals surface area contributed by atoms with E-state index in [9.17, 15) is 0 Å². The normalized spacial score (nSPS) is 14.8. The average Bonchev–Trinajstić information content (AvgIpc) is 3.50. The first kappa shape index (κ1) is 19.2. The van der Waals surface area contributed by atoms with Crippen LogP contribution in [0.5, 0.6) is 0 Å². The van der Waals surface area contributed by atoms with Crippen molar-refractivity contribution in [2.75, 3.05) is 13.1 Å². The maximum Gasteiger partial charge on any atom is 0.159 e. The van der Waals surface area contributed by atoms with Crippen molar-refractivity contribution < 1.29 is 0 Å². The van der Waals surface area contributed by atoms with Gasteiger partial charge in [-0.2, -0.15) is 5.10 Å². The Labute approximate surface area is 179 Å². The third kappa shape index (κ3) is 3.51. The molecule has 0 amide bonds. The molecule has 4 aromatic rings. The van der Waals surface area contributed by atoms with Crippen molar-refractivity contribution in [1.29, 1.82) is 0 Å². The van der Waals surface area contributed by atoms with Gasteiger partial charge >= 0.3 is 0 Å². The number of H-pyrrole nitrogens is 2. The molecule has 8 nitrogen and oxygen atoms in total. The Bertz CT molecular complexity index is 1330. The molecule has 0 saturated carbocycles. The number of pyridine rings is 1. The molecule has 0 bridgehead atoms. The molecular weight excluding hydrogens is 388 g/mol. The number of rotatable bonds is 5. The Kier molecular flexibility index (Phi) is 4.83. The Balaban J connectivity index is 1.59. The zero-order chi connectivity index (χ0) is 21.4. The van der Waals surface area contributed by atoms with E-state index in [1.54, 1.807) is 12.4 Å². The van der Waals surface area contributed by atoms with E-state index in [2.05, 4.69) is 49.2 Å². The van der Waals surface area contributed by atoms with Crippen LogP contribution in [0.2, 0.25) is 0 Å². The minimum Gasteiger partial charge on any atom is -0.340 e. The standard InChI is InChI=1S/C23H24N8/c1-4-5-20(31-12-14(2)26-13-31)21-15(3)27-23(28-21)22-17-10-18(16-6-8-24-9-7-16)25-11-19(17)29-30-22/h4-6,10-13,24H,1,7-9H2,2-3H3,(H,27,28)(H,29,30)/b20-5+. The zero-order valence-corrected chi connectivity index (χ0v) is 17.6. The van der Waals surface area contributed by atoms with Crippen LogP contribution in [0.25, 0.3) is 33.7 Å². The summed E-state index contributed by atoms with van der Waals surface area (Å²) in [5.41, 5.74) is 7.53. The van der Waals surface area contributed by atoms with Gasteiger partial charge in [0.05, 0.1) is 35.1 Å². The Morgan fingerprint density at radius 2 is 2.16 bits per heavy atom. The molecule has 0 radical (unpaired) electrons. The van der Waals surface area contributed by atoms with Gasteiger partial charge in [0.1, 0.15) is 11.4 Å². The first-order valence-electron chi connectivity index (χ1n) is 10.3. The number of imidazole rings is 2. The first-order chi connectivity index (χ1) is 15.1. The summed E-state index contributed by atoms with van der Waals surface area (Å²) < 4.78 is 1.96. The van der Waals surface area contributed by atoms with Crippen molar-refractivity contribution in [2.45, 2.75) is 20.3 Å². The highest BCUT2D eigenvalue weighted by Gasteiger charge is 2.19. The van der Waals surface area contributed by atoms with E-state index < -0.39 is 0 Å². The number of hydrogen-bond acceptors (Lipinski definition) is 5. The first-order valence-corrected chi connectivity index (χ1v) is 10.3. The van der Waals surface area contributed by atoms with Crippen molar-refractivity contribution in [3.8, 4) is 11.5 Å². The van der Waals surface area contributed by atoms with Crippen molar-refractivity contribution in [2.24, 2.45) is 0 Å². The fraction of sp³-hybridized carbons (Fsp3) is 0.217. The molecule has 0 fully saturated rings. The number of fused-ring (bicyclic) bond motifs is 1. The number of allylic oxidation sites excluding steroid dienone is 2. The molecule has 0 aromatic carbocycles. The van der Waals surface area contributed by atoms with E-state index in [4.69, 9.17) is 4.98 Å². The number of aromatic nitrogens is 7. The third-order valence-corrected chi connectivity index (χ3v) is 5.46. The van der Waals surface area contributed by atoms with Gasteiger partial charge in [-0.1, -0.05) is 18.7 Å². The van der Waals surface area contributed by atoms with E-state index in [-0.39, 0.29) is 0 Å². The van der Waals surface area contributed by atoms with Gasteiger partial charge in [-0.3, -0.25) is 10.1 Å². The van der Waals surface area contributed by atoms with Crippen molar-refractivity contribution in [1.82, 2.24) is 40.0 Å². The predicted molar refractivity (Wildman–Crippen MR) is 122 cm³/mol. The van der Waals surface area contributed by atoms with E-state index in [1.807, 2.05) is 36.9 Å². The van der Waals surface area contributed by atoms with Gasteiger partial charge in [0.15, 0.2) is 5.82 Å². The largest absolute Gasteiger partial charge is 0.340 e. The lowest BCUT2D eigenvalue weighted by Crippen LogP contribution is -2.20. The Morgan fingerprint density at radius 1 is 1.26 bits per heavy atom. The quantitative estimate of drug-likeness (QED) is 0.435. The van der Waals surface area contributed by atoms with Crippen molar-refractivity contribution in [3.63, 3.8) is 0 Å². The molecule has 0 unspecified atom stereocenters. The molecule has 8 heteroatoms. The monoisotopic (exact) mass is 412 g/mol. The maximum absolute atomic E-state index is 4.90. The van der Waals surface area contributed by atoms with Crippen molar-refractivity contribution >= 4 is 22.2 Å². The molecule has 0 saturated heterocycles. The van der Waals surface area contributed by atoms with Gasteiger partial charge in [0, 0.05) is 23.8 Å². The topological polar surface area (TPSA) is 100 Å².